The second kappa shape index (κ2) is 5.20. The molecule has 0 aliphatic rings. The van der Waals surface area contributed by atoms with Crippen molar-refractivity contribution >= 4 is 0 Å². The Kier molecular flexibility index (Phi) is 3.83. The van der Waals surface area contributed by atoms with Crippen LogP contribution in [0.15, 0.2) is 54.3 Å². The van der Waals surface area contributed by atoms with Gasteiger partial charge in [-0.05, 0) is 25.0 Å². The molecule has 2 N–H and O–H groups in total. The third-order valence-electron chi connectivity index (χ3n) is 1.84. The van der Waals surface area contributed by atoms with Crippen molar-refractivity contribution in [2.24, 2.45) is 5.73 Å². The van der Waals surface area contributed by atoms with Crippen LogP contribution in [0.1, 0.15) is 12.5 Å². The van der Waals surface area contributed by atoms with Gasteiger partial charge >= 0.3 is 0 Å². The van der Waals surface area contributed by atoms with Crippen molar-refractivity contribution in [3.63, 3.8) is 0 Å². The van der Waals surface area contributed by atoms with Crippen LogP contribution < -0.4 is 5.73 Å². The zero-order valence-electron chi connectivity index (χ0n) is 7.90. The molecule has 0 bridgehead atoms. The molecule has 0 radical (unpaired) electrons. The molecular formula is C12H15N. The average molecular weight is 173 g/mol. The third-order valence-corrected chi connectivity index (χ3v) is 1.84. The Morgan fingerprint density at radius 2 is 2.00 bits per heavy atom. The Labute approximate surface area is 79.6 Å². The lowest BCUT2D eigenvalue weighted by molar-refractivity contribution is 1.25. The van der Waals surface area contributed by atoms with Crippen LogP contribution in [0, 0.1) is 0 Å². The summed E-state index contributed by atoms with van der Waals surface area (Å²) in [6.07, 6.45) is 6.84. The summed E-state index contributed by atoms with van der Waals surface area (Å²) >= 11 is 0. The van der Waals surface area contributed by atoms with Crippen molar-refractivity contribution in [2.45, 2.75) is 13.3 Å². The van der Waals surface area contributed by atoms with Crippen LogP contribution in [-0.2, 0) is 6.42 Å². The van der Waals surface area contributed by atoms with Gasteiger partial charge in [0.2, 0.25) is 0 Å². The summed E-state index contributed by atoms with van der Waals surface area (Å²) in [6.45, 7) is 1.93. The number of rotatable bonds is 3. The van der Waals surface area contributed by atoms with Crippen LogP contribution in [0.3, 0.4) is 0 Å². The standard InChI is InChI=1S/C12H15N/c1-2-12(13)10-6-9-11-7-4-3-5-8-11/h2-8,10H,9,13H2,1H3/b10-6-,12-2+. The van der Waals surface area contributed by atoms with E-state index < -0.39 is 0 Å². The van der Waals surface area contributed by atoms with Gasteiger partial charge < -0.3 is 5.73 Å². The quantitative estimate of drug-likeness (QED) is 0.699. The lowest BCUT2D eigenvalue weighted by atomic mass is 10.1. The fourth-order valence-electron chi connectivity index (χ4n) is 1.04. The lowest BCUT2D eigenvalue weighted by Crippen LogP contribution is -1.91. The van der Waals surface area contributed by atoms with E-state index in [4.69, 9.17) is 5.73 Å². The molecule has 0 spiro atoms. The zero-order valence-corrected chi connectivity index (χ0v) is 7.90. The summed E-state index contributed by atoms with van der Waals surface area (Å²) in [7, 11) is 0. The molecule has 1 nitrogen and oxygen atoms in total. The molecule has 0 heterocycles. The molecule has 68 valence electrons. The van der Waals surface area contributed by atoms with Crippen molar-refractivity contribution in [1.29, 1.82) is 0 Å². The predicted molar refractivity (Wildman–Crippen MR) is 57.2 cm³/mol. The van der Waals surface area contributed by atoms with Gasteiger partial charge in [-0.1, -0.05) is 42.5 Å². The number of allylic oxidation sites excluding steroid dienone is 3. The van der Waals surface area contributed by atoms with Gasteiger partial charge in [-0.15, -0.1) is 0 Å². The Bertz CT molecular complexity index is 296. The van der Waals surface area contributed by atoms with E-state index in [2.05, 4.69) is 18.2 Å². The Morgan fingerprint density at radius 1 is 1.31 bits per heavy atom. The maximum absolute atomic E-state index is 5.61. The minimum Gasteiger partial charge on any atom is -0.399 e. The fourth-order valence-corrected chi connectivity index (χ4v) is 1.04. The first kappa shape index (κ1) is 9.59. The van der Waals surface area contributed by atoms with Crippen LogP contribution in [-0.4, -0.2) is 0 Å². The van der Waals surface area contributed by atoms with Gasteiger partial charge in [0.15, 0.2) is 0 Å². The van der Waals surface area contributed by atoms with Crippen LogP contribution in [0.5, 0.6) is 0 Å². The molecule has 0 atom stereocenters. The topological polar surface area (TPSA) is 26.0 Å². The van der Waals surface area contributed by atoms with Gasteiger partial charge in [-0.25, -0.2) is 0 Å². The number of hydrogen-bond donors (Lipinski definition) is 1. The fraction of sp³-hybridized carbons (Fsp3) is 0.167. The molecule has 0 saturated carbocycles. The Hall–Kier alpha value is -1.50. The molecule has 1 heteroatoms. The van der Waals surface area contributed by atoms with Crippen molar-refractivity contribution in [3.05, 3.63) is 59.8 Å². The highest BCUT2D eigenvalue weighted by atomic mass is 14.5. The average Bonchev–Trinajstić information content (AvgIpc) is 2.19. The third kappa shape index (κ3) is 3.61. The molecule has 0 aliphatic heterocycles. The van der Waals surface area contributed by atoms with Crippen LogP contribution in [0.25, 0.3) is 0 Å². The molecule has 0 unspecified atom stereocenters. The van der Waals surface area contributed by atoms with E-state index in [-0.39, 0.29) is 0 Å². The zero-order chi connectivity index (χ0) is 9.52. The molecule has 1 aromatic rings. The van der Waals surface area contributed by atoms with Gasteiger partial charge in [0, 0.05) is 5.70 Å². The van der Waals surface area contributed by atoms with E-state index in [1.165, 1.54) is 5.56 Å². The smallest absolute Gasteiger partial charge is 0.0267 e. The highest BCUT2D eigenvalue weighted by Gasteiger charge is 1.85. The van der Waals surface area contributed by atoms with Crippen molar-refractivity contribution in [1.82, 2.24) is 0 Å². The van der Waals surface area contributed by atoms with Gasteiger partial charge in [0.25, 0.3) is 0 Å². The minimum absolute atomic E-state index is 0.816. The van der Waals surface area contributed by atoms with Crippen LogP contribution in [0.4, 0.5) is 0 Å². The molecule has 0 saturated heterocycles. The molecule has 13 heavy (non-hydrogen) atoms. The van der Waals surface area contributed by atoms with E-state index >= 15 is 0 Å². The van der Waals surface area contributed by atoms with E-state index in [0.717, 1.165) is 12.1 Å². The van der Waals surface area contributed by atoms with Gasteiger partial charge in [-0.3, -0.25) is 0 Å². The molecule has 0 amide bonds. The highest BCUT2D eigenvalue weighted by molar-refractivity contribution is 5.20. The Morgan fingerprint density at radius 3 is 2.62 bits per heavy atom. The summed E-state index contributed by atoms with van der Waals surface area (Å²) in [5.74, 6) is 0. The number of benzene rings is 1. The van der Waals surface area contributed by atoms with Crippen molar-refractivity contribution in [3.8, 4) is 0 Å². The molecule has 1 aromatic carbocycles. The largest absolute Gasteiger partial charge is 0.399 e. The molecular weight excluding hydrogens is 158 g/mol. The van der Waals surface area contributed by atoms with Crippen molar-refractivity contribution < 1.29 is 0 Å². The first-order valence-corrected chi connectivity index (χ1v) is 4.45. The first-order chi connectivity index (χ1) is 6.33. The summed E-state index contributed by atoms with van der Waals surface area (Å²) < 4.78 is 0. The molecule has 0 aliphatic carbocycles. The second-order valence-corrected chi connectivity index (χ2v) is 2.88. The summed E-state index contributed by atoms with van der Waals surface area (Å²) in [5.41, 5.74) is 7.74. The molecule has 0 aromatic heterocycles. The molecule has 1 rings (SSSR count). The predicted octanol–water partition coefficient (Wildman–Crippen LogP) is 2.65. The number of hydrogen-bond acceptors (Lipinski definition) is 1. The summed E-state index contributed by atoms with van der Waals surface area (Å²) in [4.78, 5) is 0. The van der Waals surface area contributed by atoms with Gasteiger partial charge in [0.05, 0.1) is 0 Å². The minimum atomic E-state index is 0.816. The maximum Gasteiger partial charge on any atom is 0.0267 e. The normalized spacial score (nSPS) is 12.2. The highest BCUT2D eigenvalue weighted by Crippen LogP contribution is 2.00. The second-order valence-electron chi connectivity index (χ2n) is 2.88. The van der Waals surface area contributed by atoms with E-state index in [1.54, 1.807) is 0 Å². The Balaban J connectivity index is 2.48. The lowest BCUT2D eigenvalue weighted by Gasteiger charge is -1.94. The van der Waals surface area contributed by atoms with Crippen LogP contribution >= 0.6 is 0 Å². The molecule has 0 fully saturated rings. The van der Waals surface area contributed by atoms with Gasteiger partial charge in [-0.2, -0.15) is 0 Å². The van der Waals surface area contributed by atoms with Gasteiger partial charge in [0.1, 0.15) is 0 Å². The van der Waals surface area contributed by atoms with E-state index in [0.29, 0.717) is 0 Å². The SMILES string of the molecule is C/C=C(N)\C=C/Cc1ccccc1. The summed E-state index contributed by atoms with van der Waals surface area (Å²) in [5, 5.41) is 0. The monoisotopic (exact) mass is 173 g/mol. The van der Waals surface area contributed by atoms with E-state index in [9.17, 15) is 0 Å². The summed E-state index contributed by atoms with van der Waals surface area (Å²) in [6, 6.07) is 10.3. The van der Waals surface area contributed by atoms with Crippen molar-refractivity contribution in [2.75, 3.05) is 0 Å². The number of nitrogens with two attached hydrogens (primary N) is 1. The van der Waals surface area contributed by atoms with Crippen LogP contribution in [0.2, 0.25) is 0 Å². The maximum atomic E-state index is 5.61. The first-order valence-electron chi connectivity index (χ1n) is 4.45. The van der Waals surface area contributed by atoms with E-state index in [1.807, 2.05) is 37.3 Å².